The van der Waals surface area contributed by atoms with Gasteiger partial charge in [0.2, 0.25) is 0 Å². The van der Waals surface area contributed by atoms with Gasteiger partial charge in [-0.1, -0.05) is 28.1 Å². The van der Waals surface area contributed by atoms with Gasteiger partial charge in [-0.2, -0.15) is 5.26 Å². The minimum Gasteiger partial charge on any atom is -0.399 e. The van der Waals surface area contributed by atoms with Crippen LogP contribution in [0.5, 0.6) is 0 Å². The third kappa shape index (κ3) is 3.31. The fourth-order valence-electron chi connectivity index (χ4n) is 2.08. The van der Waals surface area contributed by atoms with Crippen LogP contribution in [0, 0.1) is 11.3 Å². The highest BCUT2D eigenvalue weighted by molar-refractivity contribution is 9.10. The molecule has 102 valence electrons. The average molecular weight is 330 g/mol. The van der Waals surface area contributed by atoms with Crippen LogP contribution in [0.4, 0.5) is 11.4 Å². The van der Waals surface area contributed by atoms with Gasteiger partial charge in [0.1, 0.15) is 6.07 Å². The number of benzene rings is 2. The topological polar surface area (TPSA) is 53.0 Å². The molecule has 0 saturated carbocycles. The van der Waals surface area contributed by atoms with E-state index < -0.39 is 0 Å². The first-order valence-corrected chi connectivity index (χ1v) is 7.22. The van der Waals surface area contributed by atoms with E-state index in [1.54, 1.807) is 0 Å². The molecule has 0 unspecified atom stereocenters. The Kier molecular flexibility index (Phi) is 4.65. The summed E-state index contributed by atoms with van der Waals surface area (Å²) < 4.78 is 0.918. The van der Waals surface area contributed by atoms with Gasteiger partial charge in [0, 0.05) is 23.2 Å². The highest BCUT2D eigenvalue weighted by atomic mass is 79.9. The molecule has 0 amide bonds. The summed E-state index contributed by atoms with van der Waals surface area (Å²) in [5, 5.41) is 9.28. The molecule has 0 aliphatic heterocycles. The van der Waals surface area contributed by atoms with Crippen LogP contribution in [0.2, 0.25) is 0 Å². The van der Waals surface area contributed by atoms with Crippen molar-refractivity contribution in [1.29, 1.82) is 5.26 Å². The summed E-state index contributed by atoms with van der Waals surface area (Å²) in [5.41, 5.74) is 9.27. The molecule has 4 heteroatoms. The third-order valence-electron chi connectivity index (χ3n) is 3.15. The van der Waals surface area contributed by atoms with Crippen LogP contribution in [0.15, 0.2) is 46.9 Å². The molecule has 3 nitrogen and oxygen atoms in total. The zero-order chi connectivity index (χ0) is 14.5. The van der Waals surface area contributed by atoms with Gasteiger partial charge in [0.15, 0.2) is 0 Å². The second kappa shape index (κ2) is 6.44. The first-order chi connectivity index (χ1) is 9.63. The van der Waals surface area contributed by atoms with Crippen molar-refractivity contribution in [3.05, 3.63) is 58.1 Å². The molecule has 0 spiro atoms. The lowest BCUT2D eigenvalue weighted by atomic mass is 10.1. The van der Waals surface area contributed by atoms with Gasteiger partial charge in [-0.3, -0.25) is 0 Å². The fourth-order valence-corrected chi connectivity index (χ4v) is 2.45. The van der Waals surface area contributed by atoms with Crippen LogP contribution in [-0.2, 0) is 6.54 Å². The Hall–Kier alpha value is -1.99. The number of hydrogen-bond donors (Lipinski definition) is 1. The molecule has 2 aromatic carbocycles. The minimum atomic E-state index is 0.677. The summed E-state index contributed by atoms with van der Waals surface area (Å²) in [4.78, 5) is 2.18. The molecule has 0 fully saturated rings. The zero-order valence-electron chi connectivity index (χ0n) is 11.3. The number of nitriles is 1. The van der Waals surface area contributed by atoms with Gasteiger partial charge in [0.05, 0.1) is 11.3 Å². The normalized spacial score (nSPS) is 10.1. The van der Waals surface area contributed by atoms with Crippen LogP contribution in [0.25, 0.3) is 0 Å². The number of nitrogens with two attached hydrogens (primary N) is 1. The van der Waals surface area contributed by atoms with Crippen molar-refractivity contribution in [2.45, 2.75) is 13.5 Å². The summed E-state index contributed by atoms with van der Waals surface area (Å²) >= 11 is 3.40. The van der Waals surface area contributed by atoms with Crippen molar-refractivity contribution in [2.24, 2.45) is 0 Å². The predicted octanol–water partition coefficient (Wildman–Crippen LogP) is 3.93. The second-order valence-electron chi connectivity index (χ2n) is 4.53. The number of rotatable bonds is 4. The summed E-state index contributed by atoms with van der Waals surface area (Å²) in [5.74, 6) is 0. The molecule has 2 aromatic rings. The van der Waals surface area contributed by atoms with Gasteiger partial charge in [-0.25, -0.2) is 0 Å². The number of halogens is 1. The van der Waals surface area contributed by atoms with Crippen LogP contribution < -0.4 is 10.6 Å². The van der Waals surface area contributed by atoms with Crippen molar-refractivity contribution in [3.8, 4) is 6.07 Å². The first-order valence-electron chi connectivity index (χ1n) is 6.43. The third-order valence-corrected chi connectivity index (χ3v) is 3.65. The van der Waals surface area contributed by atoms with Crippen LogP contribution in [0.3, 0.4) is 0 Å². The Morgan fingerprint density at radius 3 is 2.50 bits per heavy atom. The van der Waals surface area contributed by atoms with Gasteiger partial charge >= 0.3 is 0 Å². The number of nitrogens with zero attached hydrogens (tertiary/aromatic N) is 2. The quantitative estimate of drug-likeness (QED) is 0.864. The highest BCUT2D eigenvalue weighted by Gasteiger charge is 2.10. The SMILES string of the molecule is CCN(Cc1ccc(N)cc1)c1ccc(Br)cc1C#N. The zero-order valence-corrected chi connectivity index (χ0v) is 12.9. The molecule has 0 aliphatic rings. The van der Waals surface area contributed by atoms with Gasteiger partial charge in [-0.15, -0.1) is 0 Å². The maximum absolute atomic E-state index is 9.28. The number of nitrogen functional groups attached to an aromatic ring is 1. The molecule has 0 bridgehead atoms. The summed E-state index contributed by atoms with van der Waals surface area (Å²) in [6.07, 6.45) is 0. The molecule has 2 N–H and O–H groups in total. The molecule has 0 atom stereocenters. The van der Waals surface area contributed by atoms with Crippen molar-refractivity contribution in [1.82, 2.24) is 0 Å². The van der Waals surface area contributed by atoms with Gasteiger partial charge in [0.25, 0.3) is 0 Å². The molecular formula is C16H16BrN3. The maximum atomic E-state index is 9.28. The average Bonchev–Trinajstić information content (AvgIpc) is 2.47. The van der Waals surface area contributed by atoms with E-state index in [1.165, 1.54) is 5.56 Å². The molecule has 0 radical (unpaired) electrons. The molecular weight excluding hydrogens is 314 g/mol. The molecule has 0 aromatic heterocycles. The minimum absolute atomic E-state index is 0.677. The van der Waals surface area contributed by atoms with E-state index in [4.69, 9.17) is 5.73 Å². The van der Waals surface area contributed by atoms with E-state index in [1.807, 2.05) is 42.5 Å². The molecule has 2 rings (SSSR count). The highest BCUT2D eigenvalue weighted by Crippen LogP contribution is 2.25. The monoisotopic (exact) mass is 329 g/mol. The Bertz CT molecular complexity index is 629. The number of anilines is 2. The fraction of sp³-hybridized carbons (Fsp3) is 0.188. The lowest BCUT2D eigenvalue weighted by Crippen LogP contribution is -2.22. The Morgan fingerprint density at radius 1 is 1.20 bits per heavy atom. The van der Waals surface area contributed by atoms with E-state index in [0.29, 0.717) is 5.56 Å². The Labute approximate surface area is 127 Å². The van der Waals surface area contributed by atoms with Crippen molar-refractivity contribution < 1.29 is 0 Å². The standard InChI is InChI=1S/C16H16BrN3/c1-2-20(11-12-3-6-15(19)7-4-12)16-8-5-14(17)9-13(16)10-18/h3-9H,2,11,19H2,1H3. The maximum Gasteiger partial charge on any atom is 0.101 e. The summed E-state index contributed by atoms with van der Waals surface area (Å²) in [7, 11) is 0. The lowest BCUT2D eigenvalue weighted by Gasteiger charge is -2.24. The molecule has 20 heavy (non-hydrogen) atoms. The van der Waals surface area contributed by atoms with E-state index >= 15 is 0 Å². The van der Waals surface area contributed by atoms with Gasteiger partial charge in [-0.05, 0) is 42.8 Å². The Morgan fingerprint density at radius 2 is 1.90 bits per heavy atom. The van der Waals surface area contributed by atoms with Crippen molar-refractivity contribution >= 4 is 27.3 Å². The summed E-state index contributed by atoms with van der Waals surface area (Å²) in [6, 6.07) is 15.9. The van der Waals surface area contributed by atoms with Crippen LogP contribution >= 0.6 is 15.9 Å². The van der Waals surface area contributed by atoms with Crippen LogP contribution in [0.1, 0.15) is 18.1 Å². The molecule has 0 saturated heterocycles. The molecule has 0 heterocycles. The van der Waals surface area contributed by atoms with E-state index in [2.05, 4.69) is 33.8 Å². The predicted molar refractivity (Wildman–Crippen MR) is 86.4 cm³/mol. The summed E-state index contributed by atoms with van der Waals surface area (Å²) in [6.45, 7) is 3.67. The van der Waals surface area contributed by atoms with Gasteiger partial charge < -0.3 is 10.6 Å². The largest absolute Gasteiger partial charge is 0.399 e. The number of hydrogen-bond acceptors (Lipinski definition) is 3. The van der Waals surface area contributed by atoms with E-state index in [9.17, 15) is 5.26 Å². The van der Waals surface area contributed by atoms with Crippen molar-refractivity contribution in [2.75, 3.05) is 17.2 Å². The van der Waals surface area contributed by atoms with Crippen molar-refractivity contribution in [3.63, 3.8) is 0 Å². The van der Waals surface area contributed by atoms with E-state index in [0.717, 1.165) is 28.9 Å². The first kappa shape index (κ1) is 14.4. The second-order valence-corrected chi connectivity index (χ2v) is 5.44. The Balaban J connectivity index is 2.29. The molecule has 0 aliphatic carbocycles. The smallest absolute Gasteiger partial charge is 0.101 e. The van der Waals surface area contributed by atoms with Crippen LogP contribution in [-0.4, -0.2) is 6.54 Å². The lowest BCUT2D eigenvalue weighted by molar-refractivity contribution is 0.830. The van der Waals surface area contributed by atoms with E-state index in [-0.39, 0.29) is 0 Å².